The Kier molecular flexibility index (Phi) is 3.93. The van der Waals surface area contributed by atoms with Gasteiger partial charge in [0.05, 0.1) is 7.11 Å². The van der Waals surface area contributed by atoms with Gasteiger partial charge in [0.15, 0.2) is 0 Å². The van der Waals surface area contributed by atoms with Crippen LogP contribution in [0.4, 0.5) is 23.1 Å². The van der Waals surface area contributed by atoms with Crippen molar-refractivity contribution >= 4 is 23.1 Å². The summed E-state index contributed by atoms with van der Waals surface area (Å²) in [5, 5.41) is 3.31. The smallest absolute Gasteiger partial charge is 0.229 e. The second-order valence-corrected chi connectivity index (χ2v) is 5.96. The van der Waals surface area contributed by atoms with Crippen molar-refractivity contribution < 1.29 is 4.74 Å². The number of nitrogens with one attached hydrogen (secondary N) is 1. The summed E-state index contributed by atoms with van der Waals surface area (Å²) >= 11 is 0. The van der Waals surface area contributed by atoms with Crippen LogP contribution >= 0.6 is 0 Å². The Morgan fingerprint density at radius 2 is 2.00 bits per heavy atom. The molecule has 1 aliphatic rings. The second-order valence-electron chi connectivity index (χ2n) is 5.96. The fourth-order valence-electron chi connectivity index (χ4n) is 3.01. The molecular formula is C19H19N5O. The minimum atomic E-state index is 0.591. The Labute approximate surface area is 146 Å². The SMILES string of the molecule is COc1ccc(Nc2ncc3c(n2)N(c2ccncc2)CC3)c(C)c1. The zero-order valence-corrected chi connectivity index (χ0v) is 14.2. The van der Waals surface area contributed by atoms with Gasteiger partial charge < -0.3 is 15.0 Å². The third kappa shape index (κ3) is 2.98. The van der Waals surface area contributed by atoms with E-state index in [9.17, 15) is 0 Å². The number of hydrogen-bond acceptors (Lipinski definition) is 6. The third-order valence-corrected chi connectivity index (χ3v) is 4.36. The molecule has 4 rings (SSSR count). The standard InChI is InChI=1S/C19H19N5O/c1-13-11-16(25-2)3-4-17(13)22-19-21-12-14-7-10-24(18(14)23-19)15-5-8-20-9-6-15/h3-6,8-9,11-12H,7,10H2,1-2H3,(H,21,22,23). The maximum atomic E-state index is 5.25. The van der Waals surface area contributed by atoms with Crippen LogP contribution in [0.15, 0.2) is 48.9 Å². The van der Waals surface area contributed by atoms with Gasteiger partial charge in [-0.25, -0.2) is 4.98 Å². The van der Waals surface area contributed by atoms with E-state index in [2.05, 4.69) is 20.2 Å². The lowest BCUT2D eigenvalue weighted by Gasteiger charge is -2.18. The Balaban J connectivity index is 1.63. The summed E-state index contributed by atoms with van der Waals surface area (Å²) in [5.74, 6) is 2.38. The first-order valence-electron chi connectivity index (χ1n) is 8.20. The summed E-state index contributed by atoms with van der Waals surface area (Å²) < 4.78 is 5.25. The van der Waals surface area contributed by atoms with Crippen molar-refractivity contribution in [2.75, 3.05) is 23.9 Å². The van der Waals surface area contributed by atoms with Crippen LogP contribution in [-0.4, -0.2) is 28.6 Å². The molecule has 0 spiro atoms. The number of fused-ring (bicyclic) bond motifs is 1. The first-order chi connectivity index (χ1) is 12.2. The summed E-state index contributed by atoms with van der Waals surface area (Å²) in [4.78, 5) is 15.5. The van der Waals surface area contributed by atoms with Gasteiger partial charge in [0.25, 0.3) is 0 Å². The highest BCUT2D eigenvalue weighted by Gasteiger charge is 2.23. The van der Waals surface area contributed by atoms with E-state index in [0.717, 1.165) is 47.0 Å². The van der Waals surface area contributed by atoms with Crippen LogP contribution in [-0.2, 0) is 6.42 Å². The monoisotopic (exact) mass is 333 g/mol. The van der Waals surface area contributed by atoms with Crippen LogP contribution in [0.1, 0.15) is 11.1 Å². The predicted octanol–water partition coefficient (Wildman–Crippen LogP) is 3.63. The molecular weight excluding hydrogens is 314 g/mol. The number of methoxy groups -OCH3 is 1. The summed E-state index contributed by atoms with van der Waals surface area (Å²) in [5.41, 5.74) is 4.30. The number of hydrogen-bond donors (Lipinski definition) is 1. The lowest BCUT2D eigenvalue weighted by Crippen LogP contribution is -2.14. The zero-order chi connectivity index (χ0) is 17.2. The van der Waals surface area contributed by atoms with Crippen molar-refractivity contribution in [1.82, 2.24) is 15.0 Å². The highest BCUT2D eigenvalue weighted by Crippen LogP contribution is 2.33. The molecule has 0 bridgehead atoms. The fraction of sp³-hybridized carbons (Fsp3) is 0.211. The van der Waals surface area contributed by atoms with Crippen molar-refractivity contribution in [2.45, 2.75) is 13.3 Å². The number of anilines is 4. The van der Waals surface area contributed by atoms with Gasteiger partial charge in [0.1, 0.15) is 11.6 Å². The topological polar surface area (TPSA) is 63.2 Å². The van der Waals surface area contributed by atoms with E-state index in [1.54, 1.807) is 19.5 Å². The molecule has 6 nitrogen and oxygen atoms in total. The Morgan fingerprint density at radius 3 is 2.76 bits per heavy atom. The summed E-state index contributed by atoms with van der Waals surface area (Å²) in [7, 11) is 1.67. The van der Waals surface area contributed by atoms with E-state index >= 15 is 0 Å². The first-order valence-corrected chi connectivity index (χ1v) is 8.20. The molecule has 0 fully saturated rings. The van der Waals surface area contributed by atoms with Crippen LogP contribution in [0.3, 0.4) is 0 Å². The molecule has 3 heterocycles. The number of ether oxygens (including phenoxy) is 1. The normalized spacial score (nSPS) is 12.8. The maximum absolute atomic E-state index is 5.25. The minimum Gasteiger partial charge on any atom is -0.497 e. The molecule has 0 radical (unpaired) electrons. The van der Waals surface area contributed by atoms with Crippen LogP contribution in [0.25, 0.3) is 0 Å². The number of benzene rings is 1. The molecule has 126 valence electrons. The molecule has 0 amide bonds. The van der Waals surface area contributed by atoms with E-state index in [-0.39, 0.29) is 0 Å². The highest BCUT2D eigenvalue weighted by atomic mass is 16.5. The Hall–Kier alpha value is -3.15. The van der Waals surface area contributed by atoms with Gasteiger partial charge in [0, 0.05) is 42.1 Å². The summed E-state index contributed by atoms with van der Waals surface area (Å²) in [6, 6.07) is 9.88. The van der Waals surface area contributed by atoms with Crippen molar-refractivity contribution in [3.63, 3.8) is 0 Å². The lowest BCUT2D eigenvalue weighted by atomic mass is 10.2. The second kappa shape index (κ2) is 6.39. The van der Waals surface area contributed by atoms with Crippen molar-refractivity contribution in [3.05, 3.63) is 60.0 Å². The molecule has 25 heavy (non-hydrogen) atoms. The quantitative estimate of drug-likeness (QED) is 0.787. The number of rotatable bonds is 4. The van der Waals surface area contributed by atoms with Gasteiger partial charge in [0.2, 0.25) is 5.95 Å². The molecule has 0 saturated carbocycles. The van der Waals surface area contributed by atoms with E-state index in [4.69, 9.17) is 9.72 Å². The van der Waals surface area contributed by atoms with E-state index < -0.39 is 0 Å². The average molecular weight is 333 g/mol. The molecule has 6 heteroatoms. The van der Waals surface area contributed by atoms with Gasteiger partial charge >= 0.3 is 0 Å². The van der Waals surface area contributed by atoms with Gasteiger partial charge in [-0.15, -0.1) is 0 Å². The van der Waals surface area contributed by atoms with Crippen LogP contribution in [0, 0.1) is 6.92 Å². The van der Waals surface area contributed by atoms with E-state index in [1.807, 2.05) is 43.5 Å². The molecule has 1 aliphatic heterocycles. The van der Waals surface area contributed by atoms with Gasteiger partial charge in [-0.3, -0.25) is 4.98 Å². The van der Waals surface area contributed by atoms with Crippen LogP contribution < -0.4 is 15.0 Å². The minimum absolute atomic E-state index is 0.591. The molecule has 2 aromatic heterocycles. The zero-order valence-electron chi connectivity index (χ0n) is 14.2. The summed E-state index contributed by atoms with van der Waals surface area (Å²) in [6.45, 7) is 2.93. The van der Waals surface area contributed by atoms with E-state index in [1.165, 1.54) is 0 Å². The van der Waals surface area contributed by atoms with Crippen molar-refractivity contribution in [1.29, 1.82) is 0 Å². The number of pyridine rings is 1. The molecule has 0 unspecified atom stereocenters. The van der Waals surface area contributed by atoms with Crippen molar-refractivity contribution in [3.8, 4) is 5.75 Å². The van der Waals surface area contributed by atoms with Gasteiger partial charge in [-0.05, 0) is 49.2 Å². The van der Waals surface area contributed by atoms with Crippen molar-refractivity contribution in [2.24, 2.45) is 0 Å². The largest absolute Gasteiger partial charge is 0.497 e. The fourth-order valence-corrected chi connectivity index (χ4v) is 3.01. The Bertz CT molecular complexity index is 898. The molecule has 0 aliphatic carbocycles. The third-order valence-electron chi connectivity index (χ3n) is 4.36. The molecule has 0 saturated heterocycles. The predicted molar refractivity (Wildman–Crippen MR) is 98.0 cm³/mol. The number of aryl methyl sites for hydroxylation is 1. The lowest BCUT2D eigenvalue weighted by molar-refractivity contribution is 0.414. The first kappa shape index (κ1) is 15.4. The highest BCUT2D eigenvalue weighted by molar-refractivity contribution is 5.68. The van der Waals surface area contributed by atoms with Gasteiger partial charge in [-0.1, -0.05) is 0 Å². The number of nitrogens with zero attached hydrogens (tertiary/aromatic N) is 4. The molecule has 1 aromatic carbocycles. The Morgan fingerprint density at radius 1 is 1.16 bits per heavy atom. The number of aromatic nitrogens is 3. The van der Waals surface area contributed by atoms with Crippen LogP contribution in [0.5, 0.6) is 5.75 Å². The van der Waals surface area contributed by atoms with E-state index in [0.29, 0.717) is 5.95 Å². The molecule has 0 atom stereocenters. The summed E-state index contributed by atoms with van der Waals surface area (Å²) in [6.07, 6.45) is 6.45. The van der Waals surface area contributed by atoms with Crippen LogP contribution in [0.2, 0.25) is 0 Å². The maximum Gasteiger partial charge on any atom is 0.229 e. The molecule has 1 N–H and O–H groups in total. The van der Waals surface area contributed by atoms with Gasteiger partial charge in [-0.2, -0.15) is 4.98 Å². The average Bonchev–Trinajstić information content (AvgIpc) is 3.07. The molecule has 3 aromatic rings.